The molecule has 1 aromatic carbocycles. The van der Waals surface area contributed by atoms with Crippen LogP contribution in [-0.2, 0) is 0 Å². The third kappa shape index (κ3) is 4.77. The number of rotatable bonds is 5. The Morgan fingerprint density at radius 3 is 2.54 bits per heavy atom. The number of benzene rings is 1. The standard InChI is InChI=1S/C26H32N8O/c1-18(2)32-10-8-23(9-11-32)33-17-21(15-28-33)20-13-25-27-16-24(34(25)29-14-20)19-6-5-7-22(12-19)30-26(35)31(3)4/h5-7,12-18,23H,8-11H2,1-4H3,(H,30,35). The molecule has 1 saturated heterocycles. The summed E-state index contributed by atoms with van der Waals surface area (Å²) in [4.78, 5) is 20.6. The van der Waals surface area contributed by atoms with Gasteiger partial charge in [-0.3, -0.25) is 4.68 Å². The van der Waals surface area contributed by atoms with Crippen molar-refractivity contribution in [1.29, 1.82) is 0 Å². The van der Waals surface area contributed by atoms with Crippen molar-refractivity contribution < 1.29 is 4.79 Å². The molecule has 0 bridgehead atoms. The molecule has 1 aliphatic heterocycles. The highest BCUT2D eigenvalue weighted by Gasteiger charge is 2.22. The number of nitrogens with one attached hydrogen (secondary N) is 1. The number of carbonyl (C=O) groups is 1. The van der Waals surface area contributed by atoms with E-state index in [1.54, 1.807) is 14.1 Å². The van der Waals surface area contributed by atoms with E-state index in [-0.39, 0.29) is 6.03 Å². The summed E-state index contributed by atoms with van der Waals surface area (Å²) < 4.78 is 3.93. The number of hydrogen-bond acceptors (Lipinski definition) is 5. The molecule has 5 rings (SSSR count). The summed E-state index contributed by atoms with van der Waals surface area (Å²) in [5.41, 5.74) is 5.31. The summed E-state index contributed by atoms with van der Waals surface area (Å²) in [6.07, 6.45) is 9.96. The van der Waals surface area contributed by atoms with Crippen LogP contribution in [0.4, 0.5) is 10.5 Å². The van der Waals surface area contributed by atoms with Crippen molar-refractivity contribution in [3.05, 3.63) is 55.1 Å². The zero-order chi connectivity index (χ0) is 24.5. The Kier molecular flexibility index (Phi) is 6.25. The van der Waals surface area contributed by atoms with Gasteiger partial charge in [-0.05, 0) is 44.9 Å². The molecular weight excluding hydrogens is 440 g/mol. The molecular formula is C26H32N8O. The quantitative estimate of drug-likeness (QED) is 0.466. The number of likely N-dealkylation sites (tertiary alicyclic amines) is 1. The number of hydrogen-bond donors (Lipinski definition) is 1. The number of amides is 2. The molecule has 4 heterocycles. The van der Waals surface area contributed by atoms with Gasteiger partial charge in [-0.15, -0.1) is 0 Å². The van der Waals surface area contributed by atoms with Gasteiger partial charge < -0.3 is 15.1 Å². The van der Waals surface area contributed by atoms with Crippen molar-refractivity contribution in [3.8, 4) is 22.4 Å². The first-order chi connectivity index (χ1) is 16.9. The fourth-order valence-electron chi connectivity index (χ4n) is 4.58. The highest BCUT2D eigenvalue weighted by atomic mass is 16.2. The molecule has 0 unspecified atom stereocenters. The first-order valence-corrected chi connectivity index (χ1v) is 12.1. The minimum Gasteiger partial charge on any atom is -0.331 e. The Bertz CT molecular complexity index is 1330. The molecule has 4 aromatic rings. The lowest BCUT2D eigenvalue weighted by Gasteiger charge is -2.34. The van der Waals surface area contributed by atoms with Crippen LogP contribution in [0, 0.1) is 0 Å². The van der Waals surface area contributed by atoms with Crippen LogP contribution in [-0.4, -0.2) is 73.4 Å². The maximum atomic E-state index is 12.0. The molecule has 3 aromatic heterocycles. The molecule has 2 amide bonds. The number of urea groups is 1. The molecule has 0 spiro atoms. The third-order valence-electron chi connectivity index (χ3n) is 6.72. The van der Waals surface area contributed by atoms with Crippen LogP contribution in [0.5, 0.6) is 0 Å². The molecule has 0 saturated carbocycles. The largest absolute Gasteiger partial charge is 0.331 e. The average Bonchev–Trinajstić information content (AvgIpc) is 3.51. The summed E-state index contributed by atoms with van der Waals surface area (Å²) in [5.74, 6) is 0. The Labute approximate surface area is 205 Å². The van der Waals surface area contributed by atoms with Gasteiger partial charge in [0.1, 0.15) is 0 Å². The van der Waals surface area contributed by atoms with E-state index >= 15 is 0 Å². The van der Waals surface area contributed by atoms with Crippen molar-refractivity contribution in [2.24, 2.45) is 0 Å². The Hall–Kier alpha value is -3.72. The molecule has 1 aliphatic rings. The zero-order valence-electron chi connectivity index (χ0n) is 20.7. The van der Waals surface area contributed by atoms with Crippen LogP contribution in [0.3, 0.4) is 0 Å². The minimum absolute atomic E-state index is 0.172. The van der Waals surface area contributed by atoms with Gasteiger partial charge in [0.05, 0.1) is 30.3 Å². The summed E-state index contributed by atoms with van der Waals surface area (Å²) in [5, 5.41) is 12.2. The van der Waals surface area contributed by atoms with Crippen molar-refractivity contribution >= 4 is 17.4 Å². The number of aromatic nitrogens is 5. The predicted molar refractivity (Wildman–Crippen MR) is 137 cm³/mol. The number of nitrogens with zero attached hydrogens (tertiary/aromatic N) is 7. The zero-order valence-corrected chi connectivity index (χ0v) is 20.7. The lowest BCUT2D eigenvalue weighted by Crippen LogP contribution is -2.39. The number of anilines is 1. The van der Waals surface area contributed by atoms with E-state index in [2.05, 4.69) is 50.1 Å². The number of fused-ring (bicyclic) bond motifs is 1. The van der Waals surface area contributed by atoms with Gasteiger partial charge in [-0.25, -0.2) is 14.3 Å². The Morgan fingerprint density at radius 1 is 1.03 bits per heavy atom. The van der Waals surface area contributed by atoms with Crippen molar-refractivity contribution in [2.75, 3.05) is 32.5 Å². The predicted octanol–water partition coefficient (Wildman–Crippen LogP) is 4.40. The van der Waals surface area contributed by atoms with E-state index in [1.807, 2.05) is 53.4 Å². The van der Waals surface area contributed by atoms with Gasteiger partial charge in [0, 0.05) is 61.8 Å². The van der Waals surface area contributed by atoms with E-state index in [1.165, 1.54) is 4.90 Å². The lowest BCUT2D eigenvalue weighted by molar-refractivity contribution is 0.147. The molecule has 9 heteroatoms. The van der Waals surface area contributed by atoms with Gasteiger partial charge in [0.15, 0.2) is 5.65 Å². The maximum Gasteiger partial charge on any atom is 0.321 e. The molecule has 1 N–H and O–H groups in total. The van der Waals surface area contributed by atoms with E-state index < -0.39 is 0 Å². The molecule has 0 radical (unpaired) electrons. The topological polar surface area (TPSA) is 83.6 Å². The van der Waals surface area contributed by atoms with Gasteiger partial charge in [0.2, 0.25) is 0 Å². The van der Waals surface area contributed by atoms with Crippen LogP contribution >= 0.6 is 0 Å². The van der Waals surface area contributed by atoms with Crippen LogP contribution in [0.2, 0.25) is 0 Å². The van der Waals surface area contributed by atoms with Crippen LogP contribution < -0.4 is 5.32 Å². The Morgan fingerprint density at radius 2 is 1.80 bits per heavy atom. The lowest BCUT2D eigenvalue weighted by atomic mass is 10.0. The van der Waals surface area contributed by atoms with Gasteiger partial charge in [0.25, 0.3) is 0 Å². The monoisotopic (exact) mass is 472 g/mol. The van der Waals surface area contributed by atoms with Crippen LogP contribution in [0.15, 0.2) is 55.1 Å². The van der Waals surface area contributed by atoms with E-state index in [0.29, 0.717) is 12.1 Å². The molecule has 35 heavy (non-hydrogen) atoms. The second kappa shape index (κ2) is 9.50. The molecule has 182 valence electrons. The van der Waals surface area contributed by atoms with Crippen molar-refractivity contribution in [1.82, 2.24) is 34.2 Å². The molecule has 0 aliphatic carbocycles. The highest BCUT2D eigenvalue weighted by molar-refractivity contribution is 5.89. The van der Waals surface area contributed by atoms with Gasteiger partial charge >= 0.3 is 6.03 Å². The van der Waals surface area contributed by atoms with Crippen LogP contribution in [0.25, 0.3) is 28.0 Å². The fraction of sp³-hybridized carbons (Fsp3) is 0.385. The van der Waals surface area contributed by atoms with Crippen LogP contribution in [0.1, 0.15) is 32.7 Å². The Balaban J connectivity index is 1.35. The highest BCUT2D eigenvalue weighted by Crippen LogP contribution is 2.28. The first-order valence-electron chi connectivity index (χ1n) is 12.1. The second-order valence-corrected chi connectivity index (χ2v) is 9.63. The SMILES string of the molecule is CC(C)N1CCC(n2cc(-c3cnn4c(-c5cccc(NC(=O)N(C)C)c5)cnc4c3)cn2)CC1. The van der Waals surface area contributed by atoms with Gasteiger partial charge in [-0.2, -0.15) is 10.2 Å². The fourth-order valence-corrected chi connectivity index (χ4v) is 4.58. The summed E-state index contributed by atoms with van der Waals surface area (Å²) >= 11 is 0. The number of carbonyl (C=O) groups excluding carboxylic acids is 1. The second-order valence-electron chi connectivity index (χ2n) is 9.63. The van der Waals surface area contributed by atoms with Crippen molar-refractivity contribution in [3.63, 3.8) is 0 Å². The summed E-state index contributed by atoms with van der Waals surface area (Å²) in [6, 6.07) is 10.6. The normalized spacial score (nSPS) is 15.1. The number of imidazole rings is 1. The molecule has 1 fully saturated rings. The van der Waals surface area contributed by atoms with E-state index in [4.69, 9.17) is 0 Å². The average molecular weight is 473 g/mol. The summed E-state index contributed by atoms with van der Waals surface area (Å²) in [6.45, 7) is 6.75. The minimum atomic E-state index is -0.172. The molecule has 9 nitrogen and oxygen atoms in total. The van der Waals surface area contributed by atoms with Crippen molar-refractivity contribution in [2.45, 2.75) is 38.8 Å². The molecule has 0 atom stereocenters. The van der Waals surface area contributed by atoms with E-state index in [0.717, 1.165) is 59.7 Å². The van der Waals surface area contributed by atoms with E-state index in [9.17, 15) is 4.79 Å². The number of piperidine rings is 1. The third-order valence-corrected chi connectivity index (χ3v) is 6.72. The smallest absolute Gasteiger partial charge is 0.321 e. The van der Waals surface area contributed by atoms with Gasteiger partial charge in [-0.1, -0.05) is 12.1 Å². The summed E-state index contributed by atoms with van der Waals surface area (Å²) in [7, 11) is 3.43. The maximum absolute atomic E-state index is 12.0. The first kappa shape index (κ1) is 23.0.